The first-order chi connectivity index (χ1) is 9.99. The van der Waals surface area contributed by atoms with E-state index in [1.54, 1.807) is 12.1 Å². The van der Waals surface area contributed by atoms with Crippen LogP contribution in [0.25, 0.3) is 0 Å². The van der Waals surface area contributed by atoms with Gasteiger partial charge in [0.2, 0.25) is 0 Å². The van der Waals surface area contributed by atoms with E-state index in [4.69, 9.17) is 5.73 Å². The molecule has 0 amide bonds. The number of nitrogens with one attached hydrogen (secondary N) is 1. The zero-order valence-corrected chi connectivity index (χ0v) is 12.1. The Labute approximate surface area is 123 Å². The number of anilines is 2. The van der Waals surface area contributed by atoms with Crippen LogP contribution in [0.3, 0.4) is 0 Å². The van der Waals surface area contributed by atoms with Crippen LogP contribution >= 0.6 is 0 Å². The van der Waals surface area contributed by atoms with E-state index in [0.717, 1.165) is 17.4 Å². The second-order valence-corrected chi connectivity index (χ2v) is 6.38. The Morgan fingerprint density at radius 2 is 1.90 bits per heavy atom. The van der Waals surface area contributed by atoms with Crippen LogP contribution in [0.1, 0.15) is 0 Å². The van der Waals surface area contributed by atoms with Gasteiger partial charge in [-0.15, -0.1) is 0 Å². The molecule has 0 saturated carbocycles. The molecule has 9 heteroatoms. The monoisotopic (exact) mass is 324 g/mol. The number of benzene rings is 2. The van der Waals surface area contributed by atoms with Crippen LogP contribution in [0.2, 0.25) is 0 Å². The summed E-state index contributed by atoms with van der Waals surface area (Å²) >= 11 is 0.905. The molecule has 3 rings (SSSR count). The maximum Gasteiger partial charge on any atom is 0.264 e. The Kier molecular flexibility index (Phi) is 3.22. The van der Waals surface area contributed by atoms with Gasteiger partial charge in [-0.2, -0.15) is 8.73 Å². The van der Waals surface area contributed by atoms with Crippen LogP contribution in [0, 0.1) is 5.82 Å². The molecule has 0 fully saturated rings. The third-order valence-corrected chi connectivity index (χ3v) is 4.74. The van der Waals surface area contributed by atoms with Crippen LogP contribution in [-0.2, 0) is 21.4 Å². The molecule has 0 atom stereocenters. The molecule has 0 saturated heterocycles. The van der Waals surface area contributed by atoms with E-state index in [9.17, 15) is 12.8 Å². The third kappa shape index (κ3) is 2.41. The van der Waals surface area contributed by atoms with E-state index >= 15 is 0 Å². The minimum Gasteiger partial charge on any atom is -0.397 e. The molecule has 2 aromatic carbocycles. The summed E-state index contributed by atoms with van der Waals surface area (Å²) < 4.78 is 48.7. The van der Waals surface area contributed by atoms with Crippen molar-refractivity contribution in [2.45, 2.75) is 4.90 Å². The van der Waals surface area contributed by atoms with Crippen molar-refractivity contribution in [2.75, 3.05) is 10.5 Å². The second-order valence-electron chi connectivity index (χ2n) is 4.20. The molecule has 108 valence electrons. The SMILES string of the molecule is Nc1cccc(F)c1NS(=O)(=O)c1cccc2c1N=S=N2. The van der Waals surface area contributed by atoms with Crippen LogP contribution < -0.4 is 10.5 Å². The zero-order chi connectivity index (χ0) is 15.0. The molecule has 0 radical (unpaired) electrons. The van der Waals surface area contributed by atoms with Crippen LogP contribution in [0.4, 0.5) is 27.1 Å². The van der Waals surface area contributed by atoms with E-state index in [2.05, 4.69) is 13.4 Å². The quantitative estimate of drug-likeness (QED) is 0.725. The Morgan fingerprint density at radius 3 is 2.67 bits per heavy atom. The summed E-state index contributed by atoms with van der Waals surface area (Å²) in [6.45, 7) is 0. The summed E-state index contributed by atoms with van der Waals surface area (Å²) in [5, 5.41) is 0. The highest BCUT2D eigenvalue weighted by Crippen LogP contribution is 2.38. The van der Waals surface area contributed by atoms with Gasteiger partial charge in [0, 0.05) is 0 Å². The van der Waals surface area contributed by atoms with Crippen LogP contribution in [-0.4, -0.2) is 8.42 Å². The minimum absolute atomic E-state index is 0.00199. The number of nitrogens with zero attached hydrogens (tertiary/aromatic N) is 2. The molecule has 21 heavy (non-hydrogen) atoms. The van der Waals surface area contributed by atoms with Crippen molar-refractivity contribution in [3.8, 4) is 0 Å². The molecule has 2 aromatic rings. The fourth-order valence-electron chi connectivity index (χ4n) is 1.84. The molecule has 1 heterocycles. The van der Waals surface area contributed by atoms with Gasteiger partial charge in [0.1, 0.15) is 27.8 Å². The Balaban J connectivity index is 2.07. The van der Waals surface area contributed by atoms with Gasteiger partial charge in [0.25, 0.3) is 10.0 Å². The van der Waals surface area contributed by atoms with Crippen molar-refractivity contribution in [2.24, 2.45) is 8.73 Å². The molecule has 3 N–H and O–H groups in total. The van der Waals surface area contributed by atoms with Crippen molar-refractivity contribution in [3.63, 3.8) is 0 Å². The Morgan fingerprint density at radius 1 is 1.14 bits per heavy atom. The van der Waals surface area contributed by atoms with E-state index < -0.39 is 15.8 Å². The summed E-state index contributed by atoms with van der Waals surface area (Å²) in [5.41, 5.74) is 6.03. The van der Waals surface area contributed by atoms with Crippen LogP contribution in [0.15, 0.2) is 50.0 Å². The van der Waals surface area contributed by atoms with Gasteiger partial charge >= 0.3 is 0 Å². The summed E-state index contributed by atoms with van der Waals surface area (Å²) in [7, 11) is -4.02. The summed E-state index contributed by atoms with van der Waals surface area (Å²) in [5.74, 6) is -0.748. The number of rotatable bonds is 3. The van der Waals surface area contributed by atoms with E-state index in [1.165, 1.54) is 18.2 Å². The van der Waals surface area contributed by atoms with E-state index in [0.29, 0.717) is 5.69 Å². The summed E-state index contributed by atoms with van der Waals surface area (Å²) in [6.07, 6.45) is 0. The number of sulfonamides is 1. The molecule has 0 aromatic heterocycles. The average molecular weight is 324 g/mol. The number of hydrogen-bond donors (Lipinski definition) is 2. The highest BCUT2D eigenvalue weighted by atomic mass is 32.2. The normalized spacial score (nSPS) is 12.8. The van der Waals surface area contributed by atoms with Gasteiger partial charge < -0.3 is 5.73 Å². The van der Waals surface area contributed by atoms with E-state index in [-0.39, 0.29) is 22.0 Å². The fraction of sp³-hybridized carbons (Fsp3) is 0. The summed E-state index contributed by atoms with van der Waals surface area (Å²) in [6, 6.07) is 8.50. The smallest absolute Gasteiger partial charge is 0.264 e. The van der Waals surface area contributed by atoms with Gasteiger partial charge in [-0.3, -0.25) is 4.72 Å². The average Bonchev–Trinajstić information content (AvgIpc) is 2.91. The fourth-order valence-corrected chi connectivity index (χ4v) is 3.70. The number of nitrogen functional groups attached to an aromatic ring is 1. The lowest BCUT2D eigenvalue weighted by atomic mass is 10.3. The van der Waals surface area contributed by atoms with Gasteiger partial charge in [-0.05, 0) is 24.3 Å². The minimum atomic E-state index is -4.02. The maximum atomic E-state index is 13.7. The molecule has 0 unspecified atom stereocenters. The number of halogens is 1. The third-order valence-electron chi connectivity index (χ3n) is 2.82. The lowest BCUT2D eigenvalue weighted by Crippen LogP contribution is -2.15. The highest BCUT2D eigenvalue weighted by molar-refractivity contribution is 7.93. The molecule has 0 bridgehead atoms. The van der Waals surface area contributed by atoms with Gasteiger partial charge in [-0.1, -0.05) is 12.1 Å². The van der Waals surface area contributed by atoms with E-state index in [1.807, 2.05) is 0 Å². The summed E-state index contributed by atoms with van der Waals surface area (Å²) in [4.78, 5) is -0.0728. The predicted octanol–water partition coefficient (Wildman–Crippen LogP) is 2.94. The molecule has 0 aliphatic carbocycles. The molecule has 1 aliphatic heterocycles. The van der Waals surface area contributed by atoms with Crippen molar-refractivity contribution < 1.29 is 12.8 Å². The first-order valence-electron chi connectivity index (χ1n) is 5.77. The lowest BCUT2D eigenvalue weighted by molar-refractivity contribution is 0.599. The highest BCUT2D eigenvalue weighted by Gasteiger charge is 2.24. The lowest BCUT2D eigenvalue weighted by Gasteiger charge is -2.12. The molecular formula is C12H9FN4O2S2. The topological polar surface area (TPSA) is 96.9 Å². The van der Waals surface area contributed by atoms with Gasteiger partial charge in [0.15, 0.2) is 0 Å². The van der Waals surface area contributed by atoms with Crippen molar-refractivity contribution in [1.82, 2.24) is 0 Å². The van der Waals surface area contributed by atoms with Gasteiger partial charge in [-0.25, -0.2) is 12.8 Å². The van der Waals surface area contributed by atoms with Crippen LogP contribution in [0.5, 0.6) is 0 Å². The first-order valence-corrected chi connectivity index (χ1v) is 7.98. The largest absolute Gasteiger partial charge is 0.397 e. The maximum absolute atomic E-state index is 13.7. The molecular weight excluding hydrogens is 315 g/mol. The zero-order valence-electron chi connectivity index (χ0n) is 10.4. The first kappa shape index (κ1) is 13.7. The molecule has 6 nitrogen and oxygen atoms in total. The standard InChI is InChI=1S/C12H9FN4O2S2/c13-7-3-1-4-8(14)11(7)17-21(18,19)10-6-2-5-9-12(10)16-20-15-9/h1-6,17H,14H2. The van der Waals surface area contributed by atoms with Crippen molar-refractivity contribution in [3.05, 3.63) is 42.2 Å². The number of hydrogen-bond acceptors (Lipinski definition) is 5. The van der Waals surface area contributed by atoms with Crippen molar-refractivity contribution in [1.29, 1.82) is 0 Å². The molecule has 0 spiro atoms. The van der Waals surface area contributed by atoms with Gasteiger partial charge in [0.05, 0.1) is 17.0 Å². The molecule has 1 aliphatic rings. The number of fused-ring (bicyclic) bond motifs is 1. The number of para-hydroxylation sites is 1. The van der Waals surface area contributed by atoms with Crippen molar-refractivity contribution >= 4 is 44.1 Å². The Hall–Kier alpha value is -2.26. The Bertz CT molecular complexity index is 885. The predicted molar refractivity (Wildman–Crippen MR) is 79.6 cm³/mol. The number of nitrogens with two attached hydrogens (primary N) is 1. The second kappa shape index (κ2) is 4.93.